The summed E-state index contributed by atoms with van der Waals surface area (Å²) in [4.78, 5) is 13.3. The molecule has 1 aromatic carbocycles. The zero-order valence-corrected chi connectivity index (χ0v) is 18.3. The van der Waals surface area contributed by atoms with E-state index in [1.54, 1.807) is 18.2 Å². The molecule has 11 heteroatoms. The van der Waals surface area contributed by atoms with Gasteiger partial charge in [-0.15, -0.1) is 0 Å². The molecule has 168 valence electrons. The monoisotopic (exact) mass is 456 g/mol. The number of rotatable bonds is 7. The molecule has 2 saturated carbocycles. The number of nitrogen functional groups attached to an aromatic ring is 1. The van der Waals surface area contributed by atoms with Crippen LogP contribution in [0.25, 0.3) is 22.8 Å². The lowest BCUT2D eigenvalue weighted by Crippen LogP contribution is -2.38. The molecule has 2 aliphatic carbocycles. The van der Waals surface area contributed by atoms with Crippen molar-refractivity contribution in [2.75, 3.05) is 12.3 Å². The number of benzene rings is 1. The molecule has 2 aromatic heterocycles. The van der Waals surface area contributed by atoms with Crippen LogP contribution in [-0.4, -0.2) is 46.3 Å². The van der Waals surface area contributed by atoms with Gasteiger partial charge in [0, 0.05) is 18.0 Å². The summed E-state index contributed by atoms with van der Waals surface area (Å²) in [6.07, 6.45) is 4.48. The van der Waals surface area contributed by atoms with Crippen LogP contribution in [0, 0.1) is 12.8 Å². The minimum atomic E-state index is -3.71. The normalized spacial score (nSPS) is 20.8. The number of nitrogens with two attached hydrogens (primary N) is 1. The van der Waals surface area contributed by atoms with E-state index in [1.165, 1.54) is 6.20 Å². The molecule has 0 spiro atoms. The fourth-order valence-electron chi connectivity index (χ4n) is 3.75. The maximum Gasteiger partial charge on any atom is 0.280 e. The average Bonchev–Trinajstić information content (AvgIpc) is 3.48. The van der Waals surface area contributed by atoms with E-state index < -0.39 is 10.0 Å². The third-order valence-electron chi connectivity index (χ3n) is 5.96. The number of hydrogen-bond donors (Lipinski definition) is 3. The minimum absolute atomic E-state index is 0.131. The molecule has 2 heterocycles. The van der Waals surface area contributed by atoms with Crippen molar-refractivity contribution < 1.29 is 18.0 Å². The first-order chi connectivity index (χ1) is 15.3. The molecule has 5 rings (SSSR count). The molecule has 0 aliphatic heterocycles. The quantitative estimate of drug-likeness (QED) is 0.483. The van der Waals surface area contributed by atoms with Crippen LogP contribution in [0.3, 0.4) is 0 Å². The van der Waals surface area contributed by atoms with Crippen LogP contribution in [0.2, 0.25) is 0 Å². The van der Waals surface area contributed by atoms with E-state index in [0.29, 0.717) is 42.4 Å². The molecule has 2 fully saturated rings. The summed E-state index contributed by atoms with van der Waals surface area (Å²) in [5, 5.41) is 13.4. The Morgan fingerprint density at radius 2 is 2.03 bits per heavy atom. The molecule has 0 radical (unpaired) electrons. The number of aliphatic hydroxyl groups excluding tert-OH is 1. The van der Waals surface area contributed by atoms with Crippen LogP contribution in [0.1, 0.15) is 43.0 Å². The van der Waals surface area contributed by atoms with Crippen molar-refractivity contribution >= 4 is 15.8 Å². The Bertz CT molecular complexity index is 1270. The molecule has 4 N–H and O–H groups in total. The van der Waals surface area contributed by atoms with Crippen molar-refractivity contribution in [1.29, 1.82) is 0 Å². The summed E-state index contributed by atoms with van der Waals surface area (Å²) in [5.41, 5.74) is 8.19. The van der Waals surface area contributed by atoms with Crippen molar-refractivity contribution in [2.45, 2.75) is 49.5 Å². The zero-order chi connectivity index (χ0) is 22.5. The molecule has 3 aromatic rings. The van der Waals surface area contributed by atoms with Crippen molar-refractivity contribution in [3.8, 4) is 22.8 Å². The van der Waals surface area contributed by atoms with Gasteiger partial charge in [0.25, 0.3) is 5.89 Å². The molecule has 10 nitrogen and oxygen atoms in total. The van der Waals surface area contributed by atoms with Crippen LogP contribution in [-0.2, 0) is 10.0 Å². The van der Waals surface area contributed by atoms with Gasteiger partial charge in [0.1, 0.15) is 0 Å². The average molecular weight is 457 g/mol. The van der Waals surface area contributed by atoms with Crippen molar-refractivity contribution in [1.82, 2.24) is 24.8 Å². The Morgan fingerprint density at radius 3 is 2.75 bits per heavy atom. The van der Waals surface area contributed by atoms with Gasteiger partial charge < -0.3 is 15.4 Å². The van der Waals surface area contributed by atoms with E-state index in [-0.39, 0.29) is 34.3 Å². The number of aliphatic hydroxyl groups is 1. The van der Waals surface area contributed by atoms with Crippen molar-refractivity contribution in [2.24, 2.45) is 5.92 Å². The summed E-state index contributed by atoms with van der Waals surface area (Å²) in [6, 6.07) is 4.86. The second-order valence-electron chi connectivity index (χ2n) is 8.54. The summed E-state index contributed by atoms with van der Waals surface area (Å²) in [5.74, 6) is 1.48. The van der Waals surface area contributed by atoms with Gasteiger partial charge in [0.2, 0.25) is 10.0 Å². The van der Waals surface area contributed by atoms with Crippen LogP contribution >= 0.6 is 0 Å². The maximum absolute atomic E-state index is 12.8. The first-order valence-corrected chi connectivity index (χ1v) is 12.0. The SMILES string of the molecule is Cc1ccc(S(=O)(=O)NC[C@H]2C[C@H](O)C2)cc1-c1cnc(N)c(-c2nc(C3CC3)no2)n1. The highest BCUT2D eigenvalue weighted by Gasteiger charge is 2.30. The summed E-state index contributed by atoms with van der Waals surface area (Å²) in [6.45, 7) is 2.17. The van der Waals surface area contributed by atoms with E-state index in [2.05, 4.69) is 24.8 Å². The van der Waals surface area contributed by atoms with Gasteiger partial charge in [-0.3, -0.25) is 0 Å². The topological polar surface area (TPSA) is 157 Å². The van der Waals surface area contributed by atoms with Gasteiger partial charge in [0.15, 0.2) is 17.3 Å². The lowest BCUT2D eigenvalue weighted by molar-refractivity contribution is 0.0453. The molecular formula is C21H24N6O4S. The van der Waals surface area contributed by atoms with E-state index in [9.17, 15) is 13.5 Å². The fraction of sp³-hybridized carbons (Fsp3) is 0.429. The Hall–Kier alpha value is -2.89. The molecule has 0 atom stereocenters. The first kappa shape index (κ1) is 21.0. The van der Waals surface area contributed by atoms with E-state index in [4.69, 9.17) is 10.3 Å². The minimum Gasteiger partial charge on any atom is -0.393 e. The highest BCUT2D eigenvalue weighted by molar-refractivity contribution is 7.89. The van der Waals surface area contributed by atoms with Gasteiger partial charge in [-0.1, -0.05) is 11.2 Å². The fourth-order valence-corrected chi connectivity index (χ4v) is 4.89. The first-order valence-electron chi connectivity index (χ1n) is 10.6. The number of aromatic nitrogens is 4. The predicted molar refractivity (Wildman–Crippen MR) is 116 cm³/mol. The highest BCUT2D eigenvalue weighted by Crippen LogP contribution is 2.39. The van der Waals surface area contributed by atoms with Gasteiger partial charge in [-0.25, -0.2) is 23.1 Å². The molecule has 32 heavy (non-hydrogen) atoms. The van der Waals surface area contributed by atoms with Crippen LogP contribution < -0.4 is 10.5 Å². The van der Waals surface area contributed by atoms with Crippen LogP contribution in [0.5, 0.6) is 0 Å². The van der Waals surface area contributed by atoms with E-state index in [1.807, 2.05) is 6.92 Å². The lowest BCUT2D eigenvalue weighted by Gasteiger charge is -2.31. The molecule has 2 aliphatic rings. The molecule has 0 saturated heterocycles. The molecular weight excluding hydrogens is 432 g/mol. The van der Waals surface area contributed by atoms with Gasteiger partial charge in [-0.05, 0) is 56.2 Å². The summed E-state index contributed by atoms with van der Waals surface area (Å²) in [7, 11) is -3.71. The van der Waals surface area contributed by atoms with Crippen molar-refractivity contribution in [3.63, 3.8) is 0 Å². The number of nitrogens with zero attached hydrogens (tertiary/aromatic N) is 4. The predicted octanol–water partition coefficient (Wildman–Crippen LogP) is 2.01. The Balaban J connectivity index is 1.44. The second-order valence-corrected chi connectivity index (χ2v) is 10.3. The molecule has 0 amide bonds. The van der Waals surface area contributed by atoms with Gasteiger partial charge in [-0.2, -0.15) is 4.98 Å². The second kappa shape index (κ2) is 7.91. The lowest BCUT2D eigenvalue weighted by atomic mass is 9.83. The maximum atomic E-state index is 12.8. The third kappa shape index (κ3) is 4.10. The molecule has 0 bridgehead atoms. The van der Waals surface area contributed by atoms with Gasteiger partial charge >= 0.3 is 0 Å². The number of nitrogens with one attached hydrogen (secondary N) is 1. The smallest absolute Gasteiger partial charge is 0.280 e. The van der Waals surface area contributed by atoms with E-state index >= 15 is 0 Å². The molecule has 0 unspecified atom stereocenters. The Kier molecular flexibility index (Phi) is 5.19. The summed E-state index contributed by atoms with van der Waals surface area (Å²) < 4.78 is 33.6. The number of anilines is 1. The Labute approximate surface area is 185 Å². The van der Waals surface area contributed by atoms with Crippen molar-refractivity contribution in [3.05, 3.63) is 35.8 Å². The third-order valence-corrected chi connectivity index (χ3v) is 7.38. The largest absolute Gasteiger partial charge is 0.393 e. The highest BCUT2D eigenvalue weighted by atomic mass is 32.2. The number of hydrogen-bond acceptors (Lipinski definition) is 9. The number of aryl methyl sites for hydroxylation is 1. The van der Waals surface area contributed by atoms with Crippen LogP contribution in [0.4, 0.5) is 5.82 Å². The van der Waals surface area contributed by atoms with E-state index in [0.717, 1.165) is 18.4 Å². The standard InChI is InChI=1S/C21H24N6O4S/c1-11-2-5-15(32(29,30)24-9-12-6-14(28)7-12)8-16(11)17-10-23-19(22)18(25-17)21-26-20(27-31-21)13-3-4-13/h2,5,8,10,12-14,24,28H,3-4,6-7,9H2,1H3,(H2,22,23)/t12-,14-. The number of sulfonamides is 1. The van der Waals surface area contributed by atoms with Crippen LogP contribution in [0.15, 0.2) is 33.8 Å². The zero-order valence-electron chi connectivity index (χ0n) is 17.5. The Morgan fingerprint density at radius 1 is 1.25 bits per heavy atom. The summed E-state index contributed by atoms with van der Waals surface area (Å²) >= 11 is 0. The van der Waals surface area contributed by atoms with Gasteiger partial charge in [0.05, 0.1) is 22.9 Å².